The van der Waals surface area contributed by atoms with Crippen LogP contribution < -0.4 is 10.6 Å². The summed E-state index contributed by atoms with van der Waals surface area (Å²) in [6.45, 7) is 0.581. The van der Waals surface area contributed by atoms with Crippen LogP contribution in [0.25, 0.3) is 0 Å². The van der Waals surface area contributed by atoms with Crippen LogP contribution >= 0.6 is 47.0 Å². The summed E-state index contributed by atoms with van der Waals surface area (Å²) in [7, 11) is 0. The van der Waals surface area contributed by atoms with Gasteiger partial charge in [0.2, 0.25) is 0 Å². The summed E-state index contributed by atoms with van der Waals surface area (Å²) in [5.41, 5.74) is 1.75. The van der Waals surface area contributed by atoms with E-state index < -0.39 is 0 Å². The molecule has 2 rings (SSSR count). The van der Waals surface area contributed by atoms with Crippen molar-refractivity contribution in [2.75, 3.05) is 5.32 Å². The fourth-order valence-corrected chi connectivity index (χ4v) is 2.44. The van der Waals surface area contributed by atoms with E-state index in [0.717, 1.165) is 5.56 Å². The molecule has 0 amide bonds. The van der Waals surface area contributed by atoms with Gasteiger partial charge >= 0.3 is 0 Å². The summed E-state index contributed by atoms with van der Waals surface area (Å²) in [6.07, 6.45) is 0. The van der Waals surface area contributed by atoms with Gasteiger partial charge in [-0.2, -0.15) is 0 Å². The molecule has 0 aliphatic rings. The number of halogens is 3. The van der Waals surface area contributed by atoms with Crippen LogP contribution in [0, 0.1) is 0 Å². The van der Waals surface area contributed by atoms with Gasteiger partial charge in [-0.05, 0) is 48.1 Å². The molecule has 0 spiro atoms. The van der Waals surface area contributed by atoms with E-state index in [1.54, 1.807) is 18.2 Å². The highest BCUT2D eigenvalue weighted by molar-refractivity contribution is 7.80. The molecular weight excluding hydrogens is 335 g/mol. The summed E-state index contributed by atoms with van der Waals surface area (Å²) in [4.78, 5) is 0. The van der Waals surface area contributed by atoms with Crippen molar-refractivity contribution >= 4 is 57.8 Å². The van der Waals surface area contributed by atoms with E-state index >= 15 is 0 Å². The quantitative estimate of drug-likeness (QED) is 0.754. The zero-order valence-corrected chi connectivity index (χ0v) is 13.4. The Bertz CT molecular complexity index is 632. The Morgan fingerprint density at radius 3 is 2.45 bits per heavy atom. The highest BCUT2D eigenvalue weighted by Crippen LogP contribution is 2.25. The van der Waals surface area contributed by atoms with E-state index in [0.29, 0.717) is 32.4 Å². The van der Waals surface area contributed by atoms with Crippen LogP contribution in [0.2, 0.25) is 15.1 Å². The Balaban J connectivity index is 1.92. The van der Waals surface area contributed by atoms with Crippen LogP contribution in [-0.4, -0.2) is 5.11 Å². The Kier molecular flexibility index (Phi) is 5.49. The Hall–Kier alpha value is -1.000. The fraction of sp³-hybridized carbons (Fsp3) is 0.0714. The molecule has 0 aliphatic carbocycles. The summed E-state index contributed by atoms with van der Waals surface area (Å²) in [5.74, 6) is 0. The molecule has 104 valence electrons. The van der Waals surface area contributed by atoms with Crippen molar-refractivity contribution in [2.45, 2.75) is 6.54 Å². The molecule has 0 aliphatic heterocycles. The fourth-order valence-electron chi connectivity index (χ4n) is 1.59. The largest absolute Gasteiger partial charge is 0.358 e. The average molecular weight is 346 g/mol. The molecule has 0 saturated carbocycles. The maximum absolute atomic E-state index is 6.06. The number of nitrogens with one attached hydrogen (secondary N) is 2. The van der Waals surface area contributed by atoms with E-state index in [1.807, 2.05) is 24.3 Å². The SMILES string of the molecule is S=C(NCc1cccc(Cl)c1)Nc1ccc(Cl)cc1Cl. The maximum Gasteiger partial charge on any atom is 0.171 e. The molecule has 0 fully saturated rings. The molecule has 6 heteroatoms. The van der Waals surface area contributed by atoms with Gasteiger partial charge in [0.1, 0.15) is 0 Å². The molecule has 0 aromatic heterocycles. The predicted octanol–water partition coefficient (Wildman–Crippen LogP) is 5.13. The Morgan fingerprint density at radius 2 is 1.75 bits per heavy atom. The number of benzene rings is 2. The van der Waals surface area contributed by atoms with E-state index in [4.69, 9.17) is 47.0 Å². The number of anilines is 1. The van der Waals surface area contributed by atoms with Gasteiger partial charge in [0.05, 0.1) is 10.7 Å². The van der Waals surface area contributed by atoms with Crippen LogP contribution in [0.1, 0.15) is 5.56 Å². The lowest BCUT2D eigenvalue weighted by Crippen LogP contribution is -2.27. The summed E-state index contributed by atoms with van der Waals surface area (Å²) < 4.78 is 0. The lowest BCUT2D eigenvalue weighted by atomic mass is 10.2. The predicted molar refractivity (Wildman–Crippen MR) is 91.0 cm³/mol. The van der Waals surface area contributed by atoms with Gasteiger partial charge in [-0.15, -0.1) is 0 Å². The standard InChI is InChI=1S/C14H11Cl3N2S/c15-10-3-1-2-9(6-10)8-18-14(20)19-13-5-4-11(16)7-12(13)17/h1-7H,8H2,(H2,18,19,20). The highest BCUT2D eigenvalue weighted by Gasteiger charge is 2.03. The second-order valence-electron chi connectivity index (χ2n) is 4.06. The molecular formula is C14H11Cl3N2S. The monoisotopic (exact) mass is 344 g/mol. The average Bonchev–Trinajstić information content (AvgIpc) is 2.40. The summed E-state index contributed by atoms with van der Waals surface area (Å²) >= 11 is 23.0. The van der Waals surface area contributed by atoms with E-state index in [2.05, 4.69) is 10.6 Å². The third kappa shape index (κ3) is 4.53. The van der Waals surface area contributed by atoms with Crippen molar-refractivity contribution in [1.82, 2.24) is 5.32 Å². The molecule has 0 radical (unpaired) electrons. The van der Waals surface area contributed by atoms with Crippen molar-refractivity contribution in [3.05, 3.63) is 63.1 Å². The minimum absolute atomic E-state index is 0.481. The third-order valence-corrected chi connectivity index (χ3v) is 3.55. The number of thiocarbonyl (C=S) groups is 1. The number of hydrogen-bond acceptors (Lipinski definition) is 1. The van der Waals surface area contributed by atoms with Crippen molar-refractivity contribution in [3.63, 3.8) is 0 Å². The number of rotatable bonds is 3. The molecule has 2 nitrogen and oxygen atoms in total. The lowest BCUT2D eigenvalue weighted by molar-refractivity contribution is 0.926. The van der Waals surface area contributed by atoms with Gasteiger partial charge < -0.3 is 10.6 Å². The van der Waals surface area contributed by atoms with Gasteiger partial charge in [0.25, 0.3) is 0 Å². The van der Waals surface area contributed by atoms with Crippen LogP contribution in [0.3, 0.4) is 0 Å². The van der Waals surface area contributed by atoms with Crippen LogP contribution in [0.15, 0.2) is 42.5 Å². The third-order valence-electron chi connectivity index (χ3n) is 2.52. The van der Waals surface area contributed by atoms with E-state index in [9.17, 15) is 0 Å². The molecule has 2 aromatic carbocycles. The Labute approximate surface area is 138 Å². The first-order valence-electron chi connectivity index (χ1n) is 5.79. The first-order valence-corrected chi connectivity index (χ1v) is 7.33. The molecule has 2 N–H and O–H groups in total. The molecule has 20 heavy (non-hydrogen) atoms. The zero-order valence-electron chi connectivity index (χ0n) is 10.3. The molecule has 0 bridgehead atoms. The van der Waals surface area contributed by atoms with Crippen LogP contribution in [0.4, 0.5) is 5.69 Å². The molecule has 0 unspecified atom stereocenters. The van der Waals surface area contributed by atoms with Gasteiger partial charge in [-0.25, -0.2) is 0 Å². The summed E-state index contributed by atoms with van der Waals surface area (Å²) in [5, 5.41) is 8.38. The highest BCUT2D eigenvalue weighted by atomic mass is 35.5. The molecule has 2 aromatic rings. The molecule has 0 atom stereocenters. The van der Waals surface area contributed by atoms with Crippen LogP contribution in [0.5, 0.6) is 0 Å². The molecule has 0 saturated heterocycles. The van der Waals surface area contributed by atoms with E-state index in [1.165, 1.54) is 0 Å². The van der Waals surface area contributed by atoms with Gasteiger partial charge in [-0.3, -0.25) is 0 Å². The van der Waals surface area contributed by atoms with Crippen molar-refractivity contribution in [2.24, 2.45) is 0 Å². The lowest BCUT2D eigenvalue weighted by Gasteiger charge is -2.12. The van der Waals surface area contributed by atoms with Crippen molar-refractivity contribution < 1.29 is 0 Å². The van der Waals surface area contributed by atoms with Crippen molar-refractivity contribution in [3.8, 4) is 0 Å². The molecule has 0 heterocycles. The number of hydrogen-bond donors (Lipinski definition) is 2. The maximum atomic E-state index is 6.06. The van der Waals surface area contributed by atoms with E-state index in [-0.39, 0.29) is 0 Å². The van der Waals surface area contributed by atoms with Crippen molar-refractivity contribution in [1.29, 1.82) is 0 Å². The van der Waals surface area contributed by atoms with Gasteiger partial charge in [0.15, 0.2) is 5.11 Å². The zero-order chi connectivity index (χ0) is 14.5. The van der Waals surface area contributed by atoms with Gasteiger partial charge in [-0.1, -0.05) is 46.9 Å². The minimum Gasteiger partial charge on any atom is -0.358 e. The Morgan fingerprint density at radius 1 is 1.00 bits per heavy atom. The van der Waals surface area contributed by atoms with Crippen LogP contribution in [-0.2, 0) is 6.54 Å². The minimum atomic E-state index is 0.481. The summed E-state index contributed by atoms with van der Waals surface area (Å²) in [6, 6.07) is 12.8. The second kappa shape index (κ2) is 7.14. The van der Waals surface area contributed by atoms with Gasteiger partial charge in [0, 0.05) is 16.6 Å². The topological polar surface area (TPSA) is 24.1 Å². The first-order chi connectivity index (χ1) is 9.54. The normalized spacial score (nSPS) is 10.2. The first kappa shape index (κ1) is 15.4. The smallest absolute Gasteiger partial charge is 0.171 e. The second-order valence-corrected chi connectivity index (χ2v) is 5.75.